The third-order valence-electron chi connectivity index (χ3n) is 8.58. The van der Waals surface area contributed by atoms with Crippen molar-refractivity contribution in [3.05, 3.63) is 81.9 Å². The van der Waals surface area contributed by atoms with Crippen LogP contribution >= 0.6 is 0 Å². The standard InChI is InChI=1S/C31H35FN6O3/c1-31(12-17-41-2)20-37(26-9-8-21(32)18-24(26)31)29(39)25-19-23(6-3-4-13-33-25)36-15-10-22(11-16-36)38-27-7-5-14-34-28(27)35-30(38)40/h5-9,13-14,18-19,22H,3-4,10-12,15-17,20H2,1-2H3,(H,34,35,40). The molecule has 1 amide bonds. The number of imidazole rings is 1. The van der Waals surface area contributed by atoms with E-state index in [0.29, 0.717) is 30.9 Å². The molecule has 214 valence electrons. The van der Waals surface area contributed by atoms with Gasteiger partial charge in [0.15, 0.2) is 5.65 Å². The molecule has 0 radical (unpaired) electrons. The summed E-state index contributed by atoms with van der Waals surface area (Å²) < 4.78 is 21.4. The van der Waals surface area contributed by atoms with Crippen LogP contribution in [0.3, 0.4) is 0 Å². The molecule has 6 rings (SSSR count). The number of aromatic nitrogens is 3. The molecular weight excluding hydrogens is 523 g/mol. The first-order chi connectivity index (χ1) is 19.9. The Morgan fingerprint density at radius 2 is 2.05 bits per heavy atom. The van der Waals surface area contributed by atoms with Crippen molar-refractivity contribution in [1.82, 2.24) is 19.4 Å². The Morgan fingerprint density at radius 3 is 2.85 bits per heavy atom. The van der Waals surface area contributed by atoms with E-state index >= 15 is 0 Å². The fourth-order valence-electron chi connectivity index (χ4n) is 6.35. The SMILES string of the molecule is COCCC1(C)CN(C(=O)C2=CC(N3CCC(n4c(=O)[nH]c5ncccc54)CC3)=CCCC=N2)c2ccc(F)cc21. The number of rotatable bonds is 6. The maximum atomic E-state index is 14.3. The van der Waals surface area contributed by atoms with Gasteiger partial charge in [0, 0.05) is 68.6 Å². The van der Waals surface area contributed by atoms with Crippen LogP contribution in [0.15, 0.2) is 69.9 Å². The lowest BCUT2D eigenvalue weighted by molar-refractivity contribution is -0.115. The average molecular weight is 559 g/mol. The van der Waals surface area contributed by atoms with Crippen molar-refractivity contribution in [3.63, 3.8) is 0 Å². The van der Waals surface area contributed by atoms with Crippen LogP contribution in [-0.4, -0.2) is 64.9 Å². The Hall–Kier alpha value is -4.05. The van der Waals surface area contributed by atoms with Crippen LogP contribution in [0.2, 0.25) is 0 Å². The highest BCUT2D eigenvalue weighted by Gasteiger charge is 2.42. The number of halogens is 1. The highest BCUT2D eigenvalue weighted by Crippen LogP contribution is 2.44. The first-order valence-electron chi connectivity index (χ1n) is 14.2. The molecule has 0 spiro atoms. The minimum absolute atomic E-state index is 0.0697. The number of aliphatic imine (C=N–C) groups is 1. The Kier molecular flexibility index (Phi) is 7.33. The van der Waals surface area contributed by atoms with Crippen molar-refractivity contribution in [3.8, 4) is 0 Å². The Bertz CT molecular complexity index is 1610. The number of likely N-dealkylation sites (tertiary alicyclic amines) is 1. The molecule has 1 N–H and O–H groups in total. The van der Waals surface area contributed by atoms with Crippen molar-refractivity contribution in [1.29, 1.82) is 0 Å². The summed E-state index contributed by atoms with van der Waals surface area (Å²) in [4.78, 5) is 42.5. The average Bonchev–Trinajstić information content (AvgIpc) is 3.45. The van der Waals surface area contributed by atoms with Crippen LogP contribution in [0.25, 0.3) is 11.2 Å². The van der Waals surface area contributed by atoms with E-state index in [1.54, 1.807) is 36.6 Å². The molecule has 5 heterocycles. The number of fused-ring (bicyclic) bond motifs is 2. The number of piperidine rings is 1. The van der Waals surface area contributed by atoms with E-state index in [9.17, 15) is 14.0 Å². The summed E-state index contributed by atoms with van der Waals surface area (Å²) in [7, 11) is 1.65. The fourth-order valence-corrected chi connectivity index (χ4v) is 6.35. The smallest absolute Gasteiger partial charge is 0.327 e. The zero-order valence-corrected chi connectivity index (χ0v) is 23.5. The van der Waals surface area contributed by atoms with Gasteiger partial charge in [-0.2, -0.15) is 0 Å². The molecule has 0 aliphatic carbocycles. The van der Waals surface area contributed by atoms with Crippen molar-refractivity contribution in [2.75, 3.05) is 38.3 Å². The molecule has 3 aliphatic heterocycles. The Morgan fingerprint density at radius 1 is 1.22 bits per heavy atom. The number of allylic oxidation sites excluding steroid dienone is 2. The highest BCUT2D eigenvalue weighted by atomic mass is 19.1. The summed E-state index contributed by atoms with van der Waals surface area (Å²) in [5.41, 5.74) is 3.75. The van der Waals surface area contributed by atoms with Crippen molar-refractivity contribution in [2.45, 2.75) is 50.5 Å². The second kappa shape index (κ2) is 11.1. The van der Waals surface area contributed by atoms with Crippen LogP contribution in [0, 0.1) is 5.82 Å². The van der Waals surface area contributed by atoms with E-state index in [1.807, 2.05) is 22.8 Å². The van der Waals surface area contributed by atoms with Gasteiger partial charge in [0.2, 0.25) is 0 Å². The normalized spacial score (nSPS) is 21.4. The second-order valence-electron chi connectivity index (χ2n) is 11.3. The number of carbonyl (C=O) groups is 1. The molecule has 10 heteroatoms. The molecule has 0 saturated carbocycles. The number of amides is 1. The summed E-state index contributed by atoms with van der Waals surface area (Å²) in [6, 6.07) is 8.48. The molecule has 2 aromatic heterocycles. The molecule has 1 saturated heterocycles. The number of anilines is 1. The summed E-state index contributed by atoms with van der Waals surface area (Å²) in [6.07, 6.45) is 11.3. The van der Waals surface area contributed by atoms with Crippen molar-refractivity contribution < 1.29 is 13.9 Å². The number of nitrogens with one attached hydrogen (secondary N) is 1. The second-order valence-corrected chi connectivity index (χ2v) is 11.3. The summed E-state index contributed by atoms with van der Waals surface area (Å²) >= 11 is 0. The molecule has 1 atom stereocenters. The van der Waals surface area contributed by atoms with Gasteiger partial charge in [-0.05, 0) is 74.1 Å². The van der Waals surface area contributed by atoms with Crippen LogP contribution in [0.4, 0.5) is 10.1 Å². The van der Waals surface area contributed by atoms with Gasteiger partial charge >= 0.3 is 5.69 Å². The Labute approximate surface area is 238 Å². The van der Waals surface area contributed by atoms with Gasteiger partial charge in [0.25, 0.3) is 5.91 Å². The number of H-pyrrole nitrogens is 1. The largest absolute Gasteiger partial charge is 0.385 e. The van der Waals surface area contributed by atoms with Gasteiger partial charge in [0.1, 0.15) is 11.5 Å². The number of nitrogens with zero attached hydrogens (tertiary/aromatic N) is 5. The van der Waals surface area contributed by atoms with E-state index in [-0.39, 0.29) is 23.5 Å². The van der Waals surface area contributed by atoms with Gasteiger partial charge in [0.05, 0.1) is 5.52 Å². The van der Waals surface area contributed by atoms with E-state index in [2.05, 4.69) is 32.9 Å². The third-order valence-corrected chi connectivity index (χ3v) is 8.58. The number of aromatic amines is 1. The van der Waals surface area contributed by atoms with Gasteiger partial charge in [-0.25, -0.2) is 14.2 Å². The number of hydrogen-bond donors (Lipinski definition) is 1. The topological polar surface area (TPSA) is 95.8 Å². The Balaban J connectivity index is 1.23. The van der Waals surface area contributed by atoms with E-state index < -0.39 is 5.41 Å². The van der Waals surface area contributed by atoms with Crippen LogP contribution in [0.1, 0.15) is 50.6 Å². The quantitative estimate of drug-likeness (QED) is 0.482. The number of methoxy groups -OCH3 is 1. The summed E-state index contributed by atoms with van der Waals surface area (Å²) in [5.74, 6) is -0.513. The van der Waals surface area contributed by atoms with Gasteiger partial charge in [-0.1, -0.05) is 13.0 Å². The molecule has 1 aromatic carbocycles. The molecule has 3 aliphatic rings. The maximum Gasteiger partial charge on any atom is 0.327 e. The number of carbonyl (C=O) groups excluding carboxylic acids is 1. The lowest BCUT2D eigenvalue weighted by Gasteiger charge is -2.35. The van der Waals surface area contributed by atoms with E-state index in [0.717, 1.165) is 61.2 Å². The summed E-state index contributed by atoms with van der Waals surface area (Å²) in [5, 5.41) is 0. The number of benzene rings is 1. The van der Waals surface area contributed by atoms with Crippen molar-refractivity contribution >= 4 is 29.0 Å². The first kappa shape index (κ1) is 27.1. The molecular formula is C31H35FN6O3. The molecule has 1 fully saturated rings. The zero-order valence-electron chi connectivity index (χ0n) is 23.5. The first-order valence-corrected chi connectivity index (χ1v) is 14.2. The van der Waals surface area contributed by atoms with Crippen LogP contribution in [-0.2, 0) is 14.9 Å². The molecule has 0 bridgehead atoms. The lowest BCUT2D eigenvalue weighted by atomic mass is 9.81. The lowest BCUT2D eigenvalue weighted by Crippen LogP contribution is -2.38. The van der Waals surface area contributed by atoms with E-state index in [4.69, 9.17) is 4.74 Å². The van der Waals surface area contributed by atoms with Gasteiger partial charge < -0.3 is 14.5 Å². The van der Waals surface area contributed by atoms with E-state index in [1.165, 1.54) is 6.07 Å². The number of ether oxygens (including phenoxy) is 1. The predicted molar refractivity (Wildman–Crippen MR) is 157 cm³/mol. The van der Waals surface area contributed by atoms with Crippen molar-refractivity contribution in [2.24, 2.45) is 4.99 Å². The third kappa shape index (κ3) is 5.12. The number of hydrogen-bond acceptors (Lipinski definition) is 6. The maximum absolute atomic E-state index is 14.3. The highest BCUT2D eigenvalue weighted by molar-refractivity contribution is 6.08. The number of pyridine rings is 1. The predicted octanol–water partition coefficient (Wildman–Crippen LogP) is 4.47. The fraction of sp³-hybridized carbons (Fsp3) is 0.419. The minimum Gasteiger partial charge on any atom is -0.385 e. The molecule has 1 unspecified atom stereocenters. The minimum atomic E-state index is -0.425. The zero-order chi connectivity index (χ0) is 28.6. The molecule has 41 heavy (non-hydrogen) atoms. The molecule has 9 nitrogen and oxygen atoms in total. The monoisotopic (exact) mass is 558 g/mol. The molecule has 3 aromatic rings. The summed E-state index contributed by atoms with van der Waals surface area (Å²) in [6.45, 7) is 4.49. The van der Waals surface area contributed by atoms with Gasteiger partial charge in [-0.15, -0.1) is 0 Å². The van der Waals surface area contributed by atoms with Crippen LogP contribution < -0.4 is 10.6 Å². The van der Waals surface area contributed by atoms with Gasteiger partial charge in [-0.3, -0.25) is 19.3 Å². The van der Waals surface area contributed by atoms with Crippen LogP contribution in [0.5, 0.6) is 0 Å².